The van der Waals surface area contributed by atoms with E-state index in [9.17, 15) is 0 Å². The predicted octanol–water partition coefficient (Wildman–Crippen LogP) is 3.42. The highest BCUT2D eigenvalue weighted by Crippen LogP contribution is 2.28. The lowest BCUT2D eigenvalue weighted by Crippen LogP contribution is -1.99. The van der Waals surface area contributed by atoms with Gasteiger partial charge in [0.15, 0.2) is 11.5 Å². The summed E-state index contributed by atoms with van der Waals surface area (Å²) in [5, 5.41) is 0. The van der Waals surface area contributed by atoms with Crippen molar-refractivity contribution in [1.29, 1.82) is 0 Å². The van der Waals surface area contributed by atoms with Crippen LogP contribution in [-0.2, 0) is 6.42 Å². The summed E-state index contributed by atoms with van der Waals surface area (Å²) in [6.45, 7) is 4.75. The van der Waals surface area contributed by atoms with E-state index in [1.807, 2.05) is 19.1 Å². The van der Waals surface area contributed by atoms with E-state index in [1.54, 1.807) is 7.11 Å². The first-order chi connectivity index (χ1) is 7.17. The normalized spacial score (nSPS) is 12.3. The van der Waals surface area contributed by atoms with Gasteiger partial charge in [0.2, 0.25) is 0 Å². The van der Waals surface area contributed by atoms with Gasteiger partial charge in [-0.3, -0.25) is 0 Å². The van der Waals surface area contributed by atoms with Crippen molar-refractivity contribution in [2.75, 3.05) is 13.7 Å². The Labute approximate surface area is 99.7 Å². The monoisotopic (exact) mass is 272 g/mol. The minimum absolute atomic E-state index is 0.472. The molecule has 0 saturated carbocycles. The molecule has 15 heavy (non-hydrogen) atoms. The average molecular weight is 273 g/mol. The minimum atomic E-state index is 0.472. The molecule has 0 amide bonds. The van der Waals surface area contributed by atoms with E-state index in [1.165, 1.54) is 5.56 Å². The lowest BCUT2D eigenvalue weighted by Gasteiger charge is -2.11. The smallest absolute Gasteiger partial charge is 0.161 e. The average Bonchev–Trinajstić information content (AvgIpc) is 2.20. The second-order valence-electron chi connectivity index (χ2n) is 3.40. The summed E-state index contributed by atoms with van der Waals surface area (Å²) in [6.07, 6.45) is 0.989. The number of hydrogen-bond acceptors (Lipinski definition) is 2. The van der Waals surface area contributed by atoms with Crippen molar-refractivity contribution >= 4 is 15.9 Å². The molecule has 0 heterocycles. The number of alkyl halides is 1. The van der Waals surface area contributed by atoms with E-state index >= 15 is 0 Å². The Balaban J connectivity index is 2.86. The van der Waals surface area contributed by atoms with Crippen LogP contribution in [0, 0.1) is 0 Å². The maximum Gasteiger partial charge on any atom is 0.161 e. The maximum absolute atomic E-state index is 5.45. The molecule has 0 radical (unpaired) electrons. The highest BCUT2D eigenvalue weighted by Gasteiger charge is 2.06. The van der Waals surface area contributed by atoms with Crippen LogP contribution in [-0.4, -0.2) is 18.5 Å². The Morgan fingerprint density at radius 2 is 2.07 bits per heavy atom. The van der Waals surface area contributed by atoms with Gasteiger partial charge in [0, 0.05) is 4.83 Å². The number of halogens is 1. The maximum atomic E-state index is 5.45. The molecule has 0 spiro atoms. The lowest BCUT2D eigenvalue weighted by molar-refractivity contribution is 0.310. The van der Waals surface area contributed by atoms with Gasteiger partial charge in [-0.2, -0.15) is 0 Å². The third-order valence-electron chi connectivity index (χ3n) is 2.04. The third-order valence-corrected chi connectivity index (χ3v) is 2.37. The van der Waals surface area contributed by atoms with Crippen LogP contribution in [0.25, 0.3) is 0 Å². The Morgan fingerprint density at radius 1 is 1.33 bits per heavy atom. The molecular weight excluding hydrogens is 256 g/mol. The zero-order valence-electron chi connectivity index (χ0n) is 9.42. The van der Waals surface area contributed by atoms with Crippen molar-refractivity contribution in [3.05, 3.63) is 23.8 Å². The van der Waals surface area contributed by atoms with Crippen molar-refractivity contribution in [3.8, 4) is 11.5 Å². The quantitative estimate of drug-likeness (QED) is 0.765. The number of ether oxygens (including phenoxy) is 2. The predicted molar refractivity (Wildman–Crippen MR) is 66.3 cm³/mol. The molecule has 1 rings (SSSR count). The summed E-state index contributed by atoms with van der Waals surface area (Å²) in [5.41, 5.74) is 1.25. The molecule has 0 bridgehead atoms. The Bertz CT molecular complexity index is 310. The van der Waals surface area contributed by atoms with Crippen LogP contribution >= 0.6 is 15.9 Å². The summed E-state index contributed by atoms with van der Waals surface area (Å²) < 4.78 is 10.7. The van der Waals surface area contributed by atoms with E-state index in [4.69, 9.17) is 9.47 Å². The topological polar surface area (TPSA) is 18.5 Å². The second-order valence-corrected chi connectivity index (χ2v) is 4.97. The van der Waals surface area contributed by atoms with Crippen LogP contribution in [0.4, 0.5) is 0 Å². The van der Waals surface area contributed by atoms with Crippen LogP contribution in [0.5, 0.6) is 11.5 Å². The Hall–Kier alpha value is -0.700. The molecule has 1 unspecified atom stereocenters. The van der Waals surface area contributed by atoms with Crippen LogP contribution in [0.2, 0.25) is 0 Å². The Morgan fingerprint density at radius 3 is 2.60 bits per heavy atom. The fraction of sp³-hybridized carbons (Fsp3) is 0.500. The molecule has 0 aromatic heterocycles. The van der Waals surface area contributed by atoms with E-state index in [0.717, 1.165) is 17.9 Å². The fourth-order valence-electron chi connectivity index (χ4n) is 1.44. The first-order valence-electron chi connectivity index (χ1n) is 5.11. The van der Waals surface area contributed by atoms with E-state index < -0.39 is 0 Å². The second kappa shape index (κ2) is 6.01. The highest BCUT2D eigenvalue weighted by molar-refractivity contribution is 9.09. The molecule has 0 fully saturated rings. The first-order valence-corrected chi connectivity index (χ1v) is 6.02. The van der Waals surface area contributed by atoms with E-state index in [0.29, 0.717) is 11.4 Å². The SMILES string of the molecule is CCOc1ccc(CC(C)Br)cc1OC. The van der Waals surface area contributed by atoms with Gasteiger partial charge in [-0.1, -0.05) is 28.9 Å². The fourth-order valence-corrected chi connectivity index (χ4v) is 1.81. The van der Waals surface area contributed by atoms with Crippen LogP contribution in [0.15, 0.2) is 18.2 Å². The van der Waals surface area contributed by atoms with Crippen molar-refractivity contribution in [1.82, 2.24) is 0 Å². The molecule has 84 valence electrons. The van der Waals surface area contributed by atoms with Gasteiger partial charge < -0.3 is 9.47 Å². The Kier molecular flexibility index (Phi) is 4.95. The van der Waals surface area contributed by atoms with Crippen LogP contribution in [0.3, 0.4) is 0 Å². The molecule has 0 aliphatic rings. The summed E-state index contributed by atoms with van der Waals surface area (Å²) in [6, 6.07) is 6.07. The standard InChI is InChI=1S/C12H17BrO2/c1-4-15-11-6-5-10(7-9(2)13)8-12(11)14-3/h5-6,8-9H,4,7H2,1-3H3. The molecule has 1 atom stereocenters. The lowest BCUT2D eigenvalue weighted by atomic mass is 10.1. The van der Waals surface area contributed by atoms with Crippen molar-refractivity contribution < 1.29 is 9.47 Å². The van der Waals surface area contributed by atoms with Gasteiger partial charge in [-0.15, -0.1) is 0 Å². The zero-order valence-corrected chi connectivity index (χ0v) is 11.0. The summed E-state index contributed by atoms with van der Waals surface area (Å²) in [5.74, 6) is 1.62. The van der Waals surface area contributed by atoms with E-state index in [-0.39, 0.29) is 0 Å². The molecule has 3 heteroatoms. The van der Waals surface area contributed by atoms with Gasteiger partial charge in [-0.05, 0) is 31.0 Å². The number of benzene rings is 1. The summed E-state index contributed by atoms with van der Waals surface area (Å²) >= 11 is 3.53. The van der Waals surface area contributed by atoms with Gasteiger partial charge in [0.05, 0.1) is 13.7 Å². The molecular formula is C12H17BrO2. The van der Waals surface area contributed by atoms with E-state index in [2.05, 4.69) is 28.9 Å². The molecule has 1 aromatic rings. The molecule has 0 aliphatic heterocycles. The molecule has 0 saturated heterocycles. The molecule has 0 N–H and O–H groups in total. The largest absolute Gasteiger partial charge is 0.493 e. The number of rotatable bonds is 5. The van der Waals surface area contributed by atoms with Gasteiger partial charge in [0.25, 0.3) is 0 Å². The van der Waals surface area contributed by atoms with Crippen molar-refractivity contribution in [2.45, 2.75) is 25.1 Å². The third kappa shape index (κ3) is 3.74. The van der Waals surface area contributed by atoms with Gasteiger partial charge >= 0.3 is 0 Å². The van der Waals surface area contributed by atoms with Crippen molar-refractivity contribution in [2.24, 2.45) is 0 Å². The first kappa shape index (κ1) is 12.4. The van der Waals surface area contributed by atoms with Gasteiger partial charge in [-0.25, -0.2) is 0 Å². The zero-order chi connectivity index (χ0) is 11.3. The molecule has 1 aromatic carbocycles. The van der Waals surface area contributed by atoms with Crippen LogP contribution in [0.1, 0.15) is 19.4 Å². The number of methoxy groups -OCH3 is 1. The highest BCUT2D eigenvalue weighted by atomic mass is 79.9. The summed E-state index contributed by atoms with van der Waals surface area (Å²) in [7, 11) is 1.67. The minimum Gasteiger partial charge on any atom is -0.493 e. The van der Waals surface area contributed by atoms with Gasteiger partial charge in [0.1, 0.15) is 0 Å². The summed E-state index contributed by atoms with van der Waals surface area (Å²) in [4.78, 5) is 0.472. The molecule has 0 aliphatic carbocycles. The number of hydrogen-bond donors (Lipinski definition) is 0. The van der Waals surface area contributed by atoms with Crippen molar-refractivity contribution in [3.63, 3.8) is 0 Å². The van der Waals surface area contributed by atoms with Crippen LogP contribution < -0.4 is 9.47 Å². The molecule has 2 nitrogen and oxygen atoms in total.